The van der Waals surface area contributed by atoms with Crippen LogP contribution in [-0.4, -0.2) is 35.2 Å². The van der Waals surface area contributed by atoms with E-state index in [1.165, 1.54) is 0 Å². The molecule has 3 nitrogen and oxygen atoms in total. The summed E-state index contributed by atoms with van der Waals surface area (Å²) in [6.45, 7) is -0.0266. The number of aliphatic carboxylic acids is 1. The van der Waals surface area contributed by atoms with Gasteiger partial charge in [-0.25, -0.2) is 0 Å². The molecule has 1 aromatic carbocycles. The summed E-state index contributed by atoms with van der Waals surface area (Å²) in [5.41, 5.74) is 1.66. The van der Waals surface area contributed by atoms with Gasteiger partial charge in [0.15, 0.2) is 0 Å². The van der Waals surface area contributed by atoms with Crippen LogP contribution in [0.1, 0.15) is 11.1 Å². The number of nitrogens with zero attached hydrogens (tertiary/aromatic N) is 1. The zero-order chi connectivity index (χ0) is 13.8. The average molecular weight is 261 g/mol. The van der Waals surface area contributed by atoms with E-state index in [-0.39, 0.29) is 6.54 Å². The SMILES string of the molecule is Cc1ccc(CN(CC(=O)O)CC(F)(F)F)cc1. The van der Waals surface area contributed by atoms with Gasteiger partial charge in [-0.2, -0.15) is 13.2 Å². The molecular formula is C12H14F3NO2. The maximum absolute atomic E-state index is 12.3. The number of carboxylic acids is 1. The first-order valence-electron chi connectivity index (χ1n) is 5.33. The summed E-state index contributed by atoms with van der Waals surface area (Å²) in [5.74, 6) is -1.27. The van der Waals surface area contributed by atoms with Crippen molar-refractivity contribution in [1.29, 1.82) is 0 Å². The van der Waals surface area contributed by atoms with E-state index in [9.17, 15) is 18.0 Å². The summed E-state index contributed by atoms with van der Waals surface area (Å²) in [4.78, 5) is 11.4. The van der Waals surface area contributed by atoms with Gasteiger partial charge in [0.1, 0.15) is 0 Å². The topological polar surface area (TPSA) is 40.5 Å². The van der Waals surface area contributed by atoms with Crippen LogP contribution in [0.25, 0.3) is 0 Å². The lowest BCUT2D eigenvalue weighted by molar-refractivity contribution is -0.154. The molecule has 0 spiro atoms. The lowest BCUT2D eigenvalue weighted by Crippen LogP contribution is -2.37. The molecule has 0 aliphatic carbocycles. The second-order valence-electron chi connectivity index (χ2n) is 4.14. The minimum Gasteiger partial charge on any atom is -0.480 e. The van der Waals surface area contributed by atoms with Crippen molar-refractivity contribution in [2.24, 2.45) is 0 Å². The van der Waals surface area contributed by atoms with Crippen molar-refractivity contribution >= 4 is 5.97 Å². The Hall–Kier alpha value is -1.56. The number of halogens is 3. The minimum absolute atomic E-state index is 0.0356. The van der Waals surface area contributed by atoms with E-state index in [1.54, 1.807) is 24.3 Å². The number of hydrogen-bond acceptors (Lipinski definition) is 2. The third kappa shape index (κ3) is 5.67. The normalized spacial score (nSPS) is 11.8. The summed E-state index contributed by atoms with van der Waals surface area (Å²) < 4.78 is 36.9. The van der Waals surface area contributed by atoms with Crippen LogP contribution in [0, 0.1) is 6.92 Å². The highest BCUT2D eigenvalue weighted by molar-refractivity contribution is 5.69. The Morgan fingerprint density at radius 2 is 1.83 bits per heavy atom. The molecule has 1 aromatic rings. The maximum Gasteiger partial charge on any atom is 0.401 e. The van der Waals surface area contributed by atoms with Gasteiger partial charge in [0.05, 0.1) is 13.1 Å². The lowest BCUT2D eigenvalue weighted by atomic mass is 10.1. The smallest absolute Gasteiger partial charge is 0.401 e. The Labute approximate surface area is 103 Å². The van der Waals surface area contributed by atoms with Crippen molar-refractivity contribution < 1.29 is 23.1 Å². The predicted molar refractivity (Wildman–Crippen MR) is 60.1 cm³/mol. The van der Waals surface area contributed by atoms with Crippen LogP contribution in [-0.2, 0) is 11.3 Å². The lowest BCUT2D eigenvalue weighted by Gasteiger charge is -2.21. The molecule has 0 fully saturated rings. The third-order valence-corrected chi connectivity index (χ3v) is 2.29. The van der Waals surface area contributed by atoms with Crippen LogP contribution in [0.15, 0.2) is 24.3 Å². The highest BCUT2D eigenvalue weighted by Crippen LogP contribution is 2.18. The molecule has 0 radical (unpaired) electrons. The molecule has 0 saturated carbocycles. The molecule has 0 heterocycles. The minimum atomic E-state index is -4.40. The van der Waals surface area contributed by atoms with Gasteiger partial charge in [0.2, 0.25) is 0 Å². The molecule has 0 aromatic heterocycles. The number of carbonyl (C=O) groups is 1. The van der Waals surface area contributed by atoms with E-state index in [0.717, 1.165) is 10.5 Å². The Kier molecular flexibility index (Phi) is 4.72. The van der Waals surface area contributed by atoms with Crippen LogP contribution in [0.4, 0.5) is 13.2 Å². The molecule has 1 rings (SSSR count). The molecule has 1 N–H and O–H groups in total. The first-order valence-corrected chi connectivity index (χ1v) is 5.33. The number of hydrogen-bond donors (Lipinski definition) is 1. The number of rotatable bonds is 5. The number of aryl methyl sites for hydroxylation is 1. The van der Waals surface area contributed by atoms with Crippen LogP contribution >= 0.6 is 0 Å². The zero-order valence-corrected chi connectivity index (χ0v) is 9.87. The van der Waals surface area contributed by atoms with Gasteiger partial charge in [-0.3, -0.25) is 9.69 Å². The van der Waals surface area contributed by atoms with Crippen LogP contribution in [0.2, 0.25) is 0 Å². The van der Waals surface area contributed by atoms with Gasteiger partial charge in [-0.1, -0.05) is 29.8 Å². The highest BCUT2D eigenvalue weighted by Gasteiger charge is 2.31. The molecule has 18 heavy (non-hydrogen) atoms. The van der Waals surface area contributed by atoms with Crippen molar-refractivity contribution in [2.75, 3.05) is 13.1 Å². The molecule has 0 aliphatic rings. The number of carboxylic acid groups (broad SMARTS) is 1. The molecule has 100 valence electrons. The van der Waals surface area contributed by atoms with Crippen LogP contribution < -0.4 is 0 Å². The summed E-state index contributed by atoms with van der Waals surface area (Å²) in [7, 11) is 0. The van der Waals surface area contributed by atoms with E-state index in [0.29, 0.717) is 5.56 Å². The van der Waals surface area contributed by atoms with E-state index in [1.807, 2.05) is 6.92 Å². The molecule has 0 aliphatic heterocycles. The number of benzene rings is 1. The maximum atomic E-state index is 12.3. The molecule has 0 atom stereocenters. The number of alkyl halides is 3. The van der Waals surface area contributed by atoms with Crippen molar-refractivity contribution in [3.05, 3.63) is 35.4 Å². The Morgan fingerprint density at radius 3 is 2.28 bits per heavy atom. The monoisotopic (exact) mass is 261 g/mol. The van der Waals surface area contributed by atoms with Gasteiger partial charge in [0, 0.05) is 6.54 Å². The molecule has 6 heteroatoms. The van der Waals surface area contributed by atoms with Crippen molar-refractivity contribution in [3.8, 4) is 0 Å². The van der Waals surface area contributed by atoms with E-state index in [2.05, 4.69) is 0 Å². The molecule has 0 unspecified atom stereocenters. The van der Waals surface area contributed by atoms with Crippen molar-refractivity contribution in [3.63, 3.8) is 0 Å². The first-order chi connectivity index (χ1) is 8.26. The van der Waals surface area contributed by atoms with Gasteiger partial charge in [0.25, 0.3) is 0 Å². The quantitative estimate of drug-likeness (QED) is 0.885. The fraction of sp³-hybridized carbons (Fsp3) is 0.417. The Morgan fingerprint density at radius 1 is 1.28 bits per heavy atom. The van der Waals surface area contributed by atoms with E-state index in [4.69, 9.17) is 5.11 Å². The third-order valence-electron chi connectivity index (χ3n) is 2.29. The molecular weight excluding hydrogens is 247 g/mol. The Balaban J connectivity index is 2.71. The van der Waals surface area contributed by atoms with Gasteiger partial charge in [-0.05, 0) is 12.5 Å². The fourth-order valence-electron chi connectivity index (χ4n) is 1.56. The highest BCUT2D eigenvalue weighted by atomic mass is 19.4. The fourth-order valence-corrected chi connectivity index (χ4v) is 1.56. The average Bonchev–Trinajstić information content (AvgIpc) is 2.18. The van der Waals surface area contributed by atoms with Crippen LogP contribution in [0.5, 0.6) is 0 Å². The summed E-state index contributed by atoms with van der Waals surface area (Å²) in [6, 6.07) is 6.95. The van der Waals surface area contributed by atoms with Crippen molar-refractivity contribution in [1.82, 2.24) is 4.90 Å². The summed E-state index contributed by atoms with van der Waals surface area (Å²) in [6.07, 6.45) is -4.40. The first kappa shape index (κ1) is 14.5. The summed E-state index contributed by atoms with van der Waals surface area (Å²) >= 11 is 0. The standard InChI is InChI=1S/C12H14F3NO2/c1-9-2-4-10(5-3-9)6-16(7-11(17)18)8-12(13,14)15/h2-5H,6-8H2,1H3,(H,17,18). The second kappa shape index (κ2) is 5.86. The zero-order valence-electron chi connectivity index (χ0n) is 9.87. The van der Waals surface area contributed by atoms with Crippen molar-refractivity contribution in [2.45, 2.75) is 19.6 Å². The van der Waals surface area contributed by atoms with E-state index < -0.39 is 25.2 Å². The molecule has 0 saturated heterocycles. The van der Waals surface area contributed by atoms with Gasteiger partial charge in [-0.15, -0.1) is 0 Å². The van der Waals surface area contributed by atoms with E-state index >= 15 is 0 Å². The van der Waals surface area contributed by atoms with Gasteiger partial charge >= 0.3 is 12.1 Å². The predicted octanol–water partition coefficient (Wildman–Crippen LogP) is 2.44. The summed E-state index contributed by atoms with van der Waals surface area (Å²) in [5, 5.41) is 8.59. The van der Waals surface area contributed by atoms with Gasteiger partial charge < -0.3 is 5.11 Å². The largest absolute Gasteiger partial charge is 0.480 e. The Bertz CT molecular complexity index is 401. The molecule has 0 amide bonds. The molecule has 0 bridgehead atoms. The van der Waals surface area contributed by atoms with Crippen LogP contribution in [0.3, 0.4) is 0 Å². The second-order valence-corrected chi connectivity index (χ2v) is 4.14.